The number of piperidine rings is 1. The number of methoxy groups -OCH3 is 1. The zero-order valence-corrected chi connectivity index (χ0v) is 17.5. The molecule has 1 fully saturated rings. The normalized spacial score (nSPS) is 17.3. The van der Waals surface area contributed by atoms with Crippen LogP contribution in [0.15, 0.2) is 29.6 Å². The van der Waals surface area contributed by atoms with Crippen molar-refractivity contribution in [3.8, 4) is 0 Å². The monoisotopic (exact) mass is 401 g/mol. The number of likely N-dealkylation sites (tertiary alicyclic amines) is 1. The predicted molar refractivity (Wildman–Crippen MR) is 111 cm³/mol. The van der Waals surface area contributed by atoms with Crippen LogP contribution in [-0.2, 0) is 27.3 Å². The van der Waals surface area contributed by atoms with Crippen molar-refractivity contribution in [1.29, 1.82) is 0 Å². The van der Waals surface area contributed by atoms with Crippen LogP contribution in [0.2, 0.25) is 0 Å². The van der Waals surface area contributed by atoms with Gasteiger partial charge in [-0.2, -0.15) is 0 Å². The van der Waals surface area contributed by atoms with Crippen LogP contribution >= 0.6 is 11.3 Å². The largest absolute Gasteiger partial charge is 0.468 e. The molecule has 1 aliphatic heterocycles. The number of ether oxygens (including phenoxy) is 1. The Labute approximate surface area is 170 Å². The number of nitrogens with zero attached hydrogens (tertiary/aromatic N) is 3. The SMILES string of the molecule is CCc1ccccc1N(C(C)=O)c1nc(CN2CCCCC2C(=O)OC)cs1. The zero-order valence-electron chi connectivity index (χ0n) is 16.7. The fraction of sp³-hybridized carbons (Fsp3) is 0.476. The summed E-state index contributed by atoms with van der Waals surface area (Å²) in [6, 6.07) is 7.70. The van der Waals surface area contributed by atoms with Gasteiger partial charge in [-0.3, -0.25) is 19.4 Å². The standard InChI is InChI=1S/C21H27N3O3S/c1-4-16-9-5-6-10-18(16)24(15(2)25)21-22-17(14-28-21)13-23-12-8-7-11-19(23)20(26)27-3/h5-6,9-10,14,19H,4,7-8,11-13H2,1-3H3. The molecule has 3 rings (SSSR count). The molecule has 0 bridgehead atoms. The first-order valence-corrected chi connectivity index (χ1v) is 10.6. The van der Waals surface area contributed by atoms with Crippen molar-refractivity contribution in [3.63, 3.8) is 0 Å². The van der Waals surface area contributed by atoms with Crippen molar-refractivity contribution in [2.75, 3.05) is 18.6 Å². The maximum absolute atomic E-state index is 12.4. The molecule has 0 aliphatic carbocycles. The third-order valence-electron chi connectivity index (χ3n) is 5.11. The van der Waals surface area contributed by atoms with Crippen molar-refractivity contribution in [1.82, 2.24) is 9.88 Å². The molecule has 2 aromatic rings. The van der Waals surface area contributed by atoms with Gasteiger partial charge in [-0.1, -0.05) is 31.5 Å². The topological polar surface area (TPSA) is 62.7 Å². The maximum Gasteiger partial charge on any atom is 0.323 e. The molecule has 1 unspecified atom stereocenters. The minimum Gasteiger partial charge on any atom is -0.468 e. The first kappa shape index (κ1) is 20.5. The van der Waals surface area contributed by atoms with Crippen LogP contribution in [0.1, 0.15) is 44.4 Å². The molecule has 1 atom stereocenters. The lowest BCUT2D eigenvalue weighted by atomic mass is 10.0. The second-order valence-electron chi connectivity index (χ2n) is 6.96. The molecule has 7 heteroatoms. The Bertz CT molecular complexity index is 836. The van der Waals surface area contributed by atoms with Gasteiger partial charge in [0.25, 0.3) is 0 Å². The van der Waals surface area contributed by atoms with Gasteiger partial charge in [0.05, 0.1) is 18.5 Å². The Kier molecular flexibility index (Phi) is 6.80. The van der Waals surface area contributed by atoms with Crippen molar-refractivity contribution in [3.05, 3.63) is 40.9 Å². The number of rotatable bonds is 6. The fourth-order valence-electron chi connectivity index (χ4n) is 3.70. The third kappa shape index (κ3) is 4.42. The number of anilines is 2. The summed E-state index contributed by atoms with van der Waals surface area (Å²) >= 11 is 1.46. The number of hydrogen-bond donors (Lipinski definition) is 0. The van der Waals surface area contributed by atoms with E-state index in [0.717, 1.165) is 49.2 Å². The average molecular weight is 402 g/mol. The van der Waals surface area contributed by atoms with Crippen molar-refractivity contribution < 1.29 is 14.3 Å². The summed E-state index contributed by atoms with van der Waals surface area (Å²) in [4.78, 5) is 33.0. The van der Waals surface area contributed by atoms with E-state index < -0.39 is 0 Å². The van der Waals surface area contributed by atoms with E-state index in [1.54, 1.807) is 11.8 Å². The highest BCUT2D eigenvalue weighted by Gasteiger charge is 2.30. The number of aryl methyl sites for hydroxylation is 1. The van der Waals surface area contributed by atoms with Crippen LogP contribution in [0.3, 0.4) is 0 Å². The minimum atomic E-state index is -0.214. The summed E-state index contributed by atoms with van der Waals surface area (Å²) in [5.41, 5.74) is 2.86. The molecule has 1 aliphatic rings. The molecule has 0 N–H and O–H groups in total. The number of thiazole rings is 1. The third-order valence-corrected chi connectivity index (χ3v) is 5.99. The average Bonchev–Trinajstić information content (AvgIpc) is 3.16. The Morgan fingerprint density at radius 2 is 2.11 bits per heavy atom. The number of aromatic nitrogens is 1. The molecule has 2 heterocycles. The van der Waals surface area contributed by atoms with E-state index in [9.17, 15) is 9.59 Å². The van der Waals surface area contributed by atoms with Gasteiger partial charge in [-0.05, 0) is 37.4 Å². The van der Waals surface area contributed by atoms with Gasteiger partial charge in [0, 0.05) is 18.8 Å². The van der Waals surface area contributed by atoms with E-state index in [2.05, 4.69) is 11.8 Å². The number of amides is 1. The molecule has 0 spiro atoms. The van der Waals surface area contributed by atoms with Crippen LogP contribution < -0.4 is 4.90 Å². The summed E-state index contributed by atoms with van der Waals surface area (Å²) in [7, 11) is 1.44. The number of carbonyl (C=O) groups excluding carboxylic acids is 2. The van der Waals surface area contributed by atoms with E-state index in [1.807, 2.05) is 29.6 Å². The van der Waals surface area contributed by atoms with Crippen LogP contribution in [0.4, 0.5) is 10.8 Å². The molecule has 1 aromatic heterocycles. The van der Waals surface area contributed by atoms with E-state index in [0.29, 0.717) is 11.7 Å². The Balaban J connectivity index is 1.83. The quantitative estimate of drug-likeness (QED) is 0.687. The lowest BCUT2D eigenvalue weighted by Gasteiger charge is -2.33. The highest BCUT2D eigenvalue weighted by atomic mass is 32.1. The first-order valence-electron chi connectivity index (χ1n) is 9.70. The molecule has 0 saturated carbocycles. The second-order valence-corrected chi connectivity index (χ2v) is 7.80. The molecular formula is C21H27N3O3S. The second kappa shape index (κ2) is 9.30. The lowest BCUT2D eigenvalue weighted by Crippen LogP contribution is -2.44. The summed E-state index contributed by atoms with van der Waals surface area (Å²) in [5, 5.41) is 2.64. The van der Waals surface area contributed by atoms with Gasteiger partial charge >= 0.3 is 5.97 Å². The fourth-order valence-corrected chi connectivity index (χ4v) is 4.57. The van der Waals surface area contributed by atoms with E-state index in [4.69, 9.17) is 9.72 Å². The van der Waals surface area contributed by atoms with Crippen LogP contribution in [-0.4, -0.2) is 41.5 Å². The zero-order chi connectivity index (χ0) is 20.1. The van der Waals surface area contributed by atoms with Gasteiger partial charge in [-0.15, -0.1) is 11.3 Å². The smallest absolute Gasteiger partial charge is 0.323 e. The van der Waals surface area contributed by atoms with E-state index in [-0.39, 0.29) is 17.9 Å². The van der Waals surface area contributed by atoms with Gasteiger partial charge in [0.15, 0.2) is 5.13 Å². The molecule has 0 radical (unpaired) electrons. The lowest BCUT2D eigenvalue weighted by molar-refractivity contribution is -0.148. The highest BCUT2D eigenvalue weighted by molar-refractivity contribution is 7.14. The molecule has 1 saturated heterocycles. The Hall–Kier alpha value is -2.25. The minimum absolute atomic E-state index is 0.0628. The molecule has 150 valence electrons. The van der Waals surface area contributed by atoms with Crippen LogP contribution in [0.5, 0.6) is 0 Å². The Morgan fingerprint density at radius 3 is 2.82 bits per heavy atom. The van der Waals surface area contributed by atoms with Crippen molar-refractivity contribution >= 4 is 34.0 Å². The maximum atomic E-state index is 12.4. The summed E-state index contributed by atoms with van der Waals surface area (Å²) in [6.07, 6.45) is 3.75. The van der Waals surface area contributed by atoms with E-state index in [1.165, 1.54) is 18.4 Å². The number of benzene rings is 1. The molecule has 28 heavy (non-hydrogen) atoms. The molecular weight excluding hydrogens is 374 g/mol. The van der Waals surface area contributed by atoms with Gasteiger partial charge in [0.2, 0.25) is 5.91 Å². The van der Waals surface area contributed by atoms with Crippen molar-refractivity contribution in [2.45, 2.75) is 52.1 Å². The predicted octanol–water partition coefficient (Wildman–Crippen LogP) is 3.92. The van der Waals surface area contributed by atoms with Crippen LogP contribution in [0, 0.1) is 0 Å². The van der Waals surface area contributed by atoms with Crippen LogP contribution in [0.25, 0.3) is 0 Å². The van der Waals surface area contributed by atoms with Crippen molar-refractivity contribution in [2.24, 2.45) is 0 Å². The van der Waals surface area contributed by atoms with Gasteiger partial charge in [-0.25, -0.2) is 4.98 Å². The van der Waals surface area contributed by atoms with E-state index >= 15 is 0 Å². The molecule has 1 amide bonds. The first-order chi connectivity index (χ1) is 13.5. The summed E-state index contributed by atoms with van der Waals surface area (Å²) in [6.45, 7) is 5.07. The number of hydrogen-bond acceptors (Lipinski definition) is 6. The number of esters is 1. The summed E-state index contributed by atoms with van der Waals surface area (Å²) < 4.78 is 4.96. The van der Waals surface area contributed by atoms with Gasteiger partial charge < -0.3 is 4.74 Å². The molecule has 6 nitrogen and oxygen atoms in total. The number of carbonyl (C=O) groups is 2. The number of para-hydroxylation sites is 1. The highest BCUT2D eigenvalue weighted by Crippen LogP contribution is 2.32. The Morgan fingerprint density at radius 1 is 1.32 bits per heavy atom. The molecule has 1 aromatic carbocycles. The summed E-state index contributed by atoms with van der Waals surface area (Å²) in [5.74, 6) is -0.246. The van der Waals surface area contributed by atoms with Gasteiger partial charge in [0.1, 0.15) is 6.04 Å².